The second kappa shape index (κ2) is 39.3. The Hall–Kier alpha value is -4.10. The van der Waals surface area contributed by atoms with Gasteiger partial charge in [0, 0.05) is 19.0 Å². The van der Waals surface area contributed by atoms with E-state index in [2.05, 4.69) is 71.8 Å². The Balaban J connectivity index is 1.86. The van der Waals surface area contributed by atoms with Crippen LogP contribution in [-0.4, -0.2) is 96.9 Å². The van der Waals surface area contributed by atoms with Crippen LogP contribution in [0.2, 0.25) is 0 Å². The molecule has 2 heterocycles. The van der Waals surface area contributed by atoms with Crippen molar-refractivity contribution in [3.05, 3.63) is 108 Å². The van der Waals surface area contributed by atoms with Gasteiger partial charge in [-0.05, 0) is 89.5 Å². The molecule has 0 aromatic carbocycles. The SMILES string of the molecule is CCCCC/C=C\C/C=C\C/C=C\CCCCCCC(=O)OC[C@H](COP(=O)(O)OP(=O)(O)OC[C@H]1O[C@@H](n2ccc(N)nc2=O)[C@H](O)[C@@H]1O)OC(=O)CCC/C=C/C=C\C(O)C/C=C\C/C=C\CCCCC. The highest BCUT2D eigenvalue weighted by Crippen LogP contribution is 2.60. The molecule has 73 heavy (non-hydrogen) atoms. The first kappa shape index (κ1) is 65.0. The summed E-state index contributed by atoms with van der Waals surface area (Å²) in [5, 5.41) is 31.1. The Labute approximate surface area is 431 Å². The number of unbranched alkanes of at least 4 members (excludes halogenated alkanes) is 11. The molecule has 0 saturated carbocycles. The average molecular weight is 1070 g/mol. The summed E-state index contributed by atoms with van der Waals surface area (Å²) in [6.45, 7) is 1.93. The van der Waals surface area contributed by atoms with Crippen molar-refractivity contribution in [1.82, 2.24) is 9.55 Å². The molecular formula is C52H83N3O16P2. The number of nitrogens with two attached hydrogens (primary N) is 1. The maximum Gasteiger partial charge on any atom is 0.481 e. The van der Waals surface area contributed by atoms with Crippen molar-refractivity contribution < 1.29 is 71.4 Å². The maximum absolute atomic E-state index is 12.9. The van der Waals surface area contributed by atoms with Crippen molar-refractivity contribution in [3.8, 4) is 0 Å². The molecule has 0 bridgehead atoms. The molecule has 412 valence electrons. The van der Waals surface area contributed by atoms with Crippen molar-refractivity contribution in [2.24, 2.45) is 0 Å². The number of allylic oxidation sites excluding steroid dienone is 12. The molecule has 1 aliphatic rings. The highest BCUT2D eigenvalue weighted by molar-refractivity contribution is 7.61. The molecule has 1 aliphatic heterocycles. The van der Waals surface area contributed by atoms with Crippen LogP contribution in [0.1, 0.15) is 155 Å². The Morgan fingerprint density at radius 3 is 1.92 bits per heavy atom. The molecule has 1 fully saturated rings. The van der Waals surface area contributed by atoms with E-state index in [0.29, 0.717) is 25.7 Å². The van der Waals surface area contributed by atoms with Crippen molar-refractivity contribution in [3.63, 3.8) is 0 Å². The number of aliphatic hydroxyl groups excluding tert-OH is 3. The van der Waals surface area contributed by atoms with E-state index in [1.165, 1.54) is 44.6 Å². The standard InChI is InChI=1S/C52H83N3O16P2/c1-3-5-7-9-11-13-14-15-16-17-18-19-20-22-24-28-32-36-47(57)66-40-44(69-48(58)37-33-29-25-27-31-35-43(56)34-30-26-23-21-12-10-8-6-4-2)41-67-72(62,63)71-73(64,65)68-42-45-49(59)50(60)51(70-45)55-39-38-46(53)54-52(55)61/h11-13,15-16,18-19,21,25-27,30-31,35,38-39,43-45,49-51,56,59-60H,3-10,14,17,20,22-24,28-29,32-34,36-37,40-42H2,1-2H3,(H,62,63)(H,64,65)(H2,53,54,61)/b13-11-,16-15-,19-18-,21-12-,27-25+,30-26-,35-31-/t43?,44-,45-,49-,50-,51-/m1/s1. The minimum absolute atomic E-state index is 0.0675. The van der Waals surface area contributed by atoms with Gasteiger partial charge in [0.1, 0.15) is 30.7 Å². The van der Waals surface area contributed by atoms with E-state index < -0.39 is 89.8 Å². The first-order chi connectivity index (χ1) is 35.1. The lowest BCUT2D eigenvalue weighted by Gasteiger charge is -2.21. The average Bonchev–Trinajstić information content (AvgIpc) is 3.62. The number of nitrogen functional groups attached to an aromatic ring is 1. The van der Waals surface area contributed by atoms with Gasteiger partial charge in [0.25, 0.3) is 0 Å². The number of nitrogens with zero attached hydrogens (tertiary/aromatic N) is 2. The molecule has 0 aliphatic carbocycles. The molecule has 7 N–H and O–H groups in total. The number of aromatic nitrogens is 2. The molecule has 2 rings (SSSR count). The van der Waals surface area contributed by atoms with E-state index >= 15 is 0 Å². The zero-order valence-electron chi connectivity index (χ0n) is 42.8. The number of hydrogen-bond donors (Lipinski definition) is 6. The number of phosphoric ester groups is 2. The fraction of sp³-hybridized carbons (Fsp3) is 0.615. The predicted octanol–water partition coefficient (Wildman–Crippen LogP) is 9.64. The van der Waals surface area contributed by atoms with E-state index in [0.717, 1.165) is 68.6 Å². The first-order valence-corrected chi connectivity index (χ1v) is 28.7. The Bertz CT molecular complexity index is 2070. The van der Waals surface area contributed by atoms with Crippen molar-refractivity contribution in [1.29, 1.82) is 0 Å². The van der Waals surface area contributed by atoms with Crippen LogP contribution < -0.4 is 11.4 Å². The second-order valence-electron chi connectivity index (χ2n) is 17.5. The highest BCUT2D eigenvalue weighted by Gasteiger charge is 2.46. The van der Waals surface area contributed by atoms with Crippen LogP contribution in [0, 0.1) is 0 Å². The number of esters is 2. The van der Waals surface area contributed by atoms with E-state index in [4.69, 9.17) is 29.0 Å². The molecule has 1 aromatic heterocycles. The van der Waals surface area contributed by atoms with Crippen LogP contribution in [0.5, 0.6) is 0 Å². The van der Waals surface area contributed by atoms with E-state index in [1.807, 2.05) is 12.2 Å². The highest BCUT2D eigenvalue weighted by atomic mass is 31.3. The minimum Gasteiger partial charge on any atom is -0.462 e. The summed E-state index contributed by atoms with van der Waals surface area (Å²) >= 11 is 0. The van der Waals surface area contributed by atoms with Crippen LogP contribution >= 0.6 is 15.6 Å². The van der Waals surface area contributed by atoms with Gasteiger partial charge in [-0.1, -0.05) is 137 Å². The molecule has 0 spiro atoms. The number of anilines is 1. The fourth-order valence-electron chi connectivity index (χ4n) is 6.98. The first-order valence-electron chi connectivity index (χ1n) is 25.7. The Morgan fingerprint density at radius 1 is 0.726 bits per heavy atom. The minimum atomic E-state index is -5.47. The third kappa shape index (κ3) is 32.1. The maximum atomic E-state index is 12.9. The smallest absolute Gasteiger partial charge is 0.462 e. The lowest BCUT2D eigenvalue weighted by Crippen LogP contribution is -2.36. The van der Waals surface area contributed by atoms with Crippen molar-refractivity contribution >= 4 is 33.4 Å². The molecule has 0 radical (unpaired) electrons. The van der Waals surface area contributed by atoms with Gasteiger partial charge in [0.2, 0.25) is 0 Å². The quantitative estimate of drug-likeness (QED) is 0.0117. The molecule has 1 saturated heterocycles. The van der Waals surface area contributed by atoms with Crippen LogP contribution in [0.15, 0.2) is 102 Å². The zero-order valence-corrected chi connectivity index (χ0v) is 44.6. The van der Waals surface area contributed by atoms with E-state index in [9.17, 15) is 48.6 Å². The van der Waals surface area contributed by atoms with Crippen LogP contribution in [0.25, 0.3) is 0 Å². The molecule has 19 nitrogen and oxygen atoms in total. The van der Waals surface area contributed by atoms with Gasteiger partial charge in [-0.3, -0.25) is 23.2 Å². The van der Waals surface area contributed by atoms with Crippen LogP contribution in [-0.2, 0) is 46.3 Å². The number of hydrogen-bond acceptors (Lipinski definition) is 16. The van der Waals surface area contributed by atoms with E-state index in [1.54, 1.807) is 24.3 Å². The van der Waals surface area contributed by atoms with Gasteiger partial charge >= 0.3 is 33.3 Å². The van der Waals surface area contributed by atoms with Gasteiger partial charge in [-0.25, -0.2) is 13.9 Å². The predicted molar refractivity (Wildman–Crippen MR) is 281 cm³/mol. The zero-order chi connectivity index (χ0) is 53.6. The van der Waals surface area contributed by atoms with Gasteiger partial charge in [0.15, 0.2) is 12.3 Å². The van der Waals surface area contributed by atoms with E-state index in [-0.39, 0.29) is 18.7 Å². The van der Waals surface area contributed by atoms with Crippen molar-refractivity contribution in [2.75, 3.05) is 25.6 Å². The van der Waals surface area contributed by atoms with Crippen molar-refractivity contribution in [2.45, 2.75) is 185 Å². The summed E-state index contributed by atoms with van der Waals surface area (Å²) in [7, 11) is -10.9. The third-order valence-electron chi connectivity index (χ3n) is 11.0. The van der Waals surface area contributed by atoms with Gasteiger partial charge in [-0.15, -0.1) is 0 Å². The normalized spacial score (nSPS) is 20.1. The number of rotatable bonds is 41. The van der Waals surface area contributed by atoms with Gasteiger partial charge in [0.05, 0.1) is 19.3 Å². The summed E-state index contributed by atoms with van der Waals surface area (Å²) in [5.41, 5.74) is 4.57. The lowest BCUT2D eigenvalue weighted by molar-refractivity contribution is -0.161. The summed E-state index contributed by atoms with van der Waals surface area (Å²) in [6, 6.07) is 1.24. The summed E-state index contributed by atoms with van der Waals surface area (Å²) in [4.78, 5) is 61.9. The molecule has 0 amide bonds. The molecule has 8 atom stereocenters. The summed E-state index contributed by atoms with van der Waals surface area (Å²) < 4.78 is 56.6. The monoisotopic (exact) mass is 1070 g/mol. The molecular weight excluding hydrogens is 985 g/mol. The number of carbonyl (C=O) groups excluding carboxylic acids is 2. The number of ether oxygens (including phenoxy) is 3. The topological polar surface area (TPSA) is 286 Å². The fourth-order valence-corrected chi connectivity index (χ4v) is 9.09. The largest absolute Gasteiger partial charge is 0.481 e. The molecule has 1 aromatic rings. The summed E-state index contributed by atoms with van der Waals surface area (Å²) in [5.74, 6) is -1.47. The summed E-state index contributed by atoms with van der Waals surface area (Å²) in [6.07, 6.45) is 38.3. The lowest BCUT2D eigenvalue weighted by atomic mass is 10.1. The number of phosphoric acid groups is 2. The molecule has 3 unspecified atom stereocenters. The third-order valence-corrected chi connectivity index (χ3v) is 13.6. The van der Waals surface area contributed by atoms with Crippen LogP contribution in [0.4, 0.5) is 5.82 Å². The Kier molecular flexibility index (Phi) is 35.0. The Morgan fingerprint density at radius 2 is 1.29 bits per heavy atom. The van der Waals surface area contributed by atoms with Gasteiger partial charge < -0.3 is 45.1 Å². The van der Waals surface area contributed by atoms with Gasteiger partial charge in [-0.2, -0.15) is 9.29 Å². The number of carbonyl (C=O) groups is 2. The number of aliphatic hydroxyl groups is 3. The second-order valence-corrected chi connectivity index (χ2v) is 20.6. The molecule has 21 heteroatoms. The van der Waals surface area contributed by atoms with Crippen LogP contribution in [0.3, 0.4) is 0 Å².